The lowest BCUT2D eigenvalue weighted by atomic mass is 10.2. The summed E-state index contributed by atoms with van der Waals surface area (Å²) in [6.45, 7) is 4.20. The van der Waals surface area contributed by atoms with Gasteiger partial charge in [-0.05, 0) is 31.9 Å². The largest absolute Gasteiger partial charge is 0.481 e. The van der Waals surface area contributed by atoms with E-state index in [-0.39, 0.29) is 6.42 Å². The number of carbonyl (C=O) groups is 1. The molecule has 1 aromatic rings. The molecule has 1 aromatic carbocycles. The van der Waals surface area contributed by atoms with Crippen molar-refractivity contribution in [1.82, 2.24) is 0 Å². The summed E-state index contributed by atoms with van der Waals surface area (Å²) in [4.78, 5) is 12.8. The molecule has 0 amide bonds. The van der Waals surface area contributed by atoms with Crippen LogP contribution in [0.2, 0.25) is 0 Å². The molecule has 4 nitrogen and oxygen atoms in total. The molecule has 4 heteroatoms. The molecule has 0 atom stereocenters. The minimum atomic E-state index is -0.756. The molecule has 0 unspecified atom stereocenters. The number of nitrogens with zero attached hydrogens (tertiary/aromatic N) is 1. The van der Waals surface area contributed by atoms with Crippen LogP contribution >= 0.6 is 0 Å². The minimum absolute atomic E-state index is 0.165. The molecule has 0 aliphatic heterocycles. The summed E-state index contributed by atoms with van der Waals surface area (Å²) in [5.74, 6) is -0.756. The minimum Gasteiger partial charge on any atom is -0.481 e. The first-order valence-corrected chi connectivity index (χ1v) is 6.66. The Morgan fingerprint density at radius 3 is 2.47 bits per heavy atom. The van der Waals surface area contributed by atoms with Gasteiger partial charge in [0.2, 0.25) is 0 Å². The van der Waals surface area contributed by atoms with Gasteiger partial charge in [0.1, 0.15) is 0 Å². The number of aryl methyl sites for hydroxylation is 1. The fraction of sp³-hybridized carbons (Fsp3) is 0.533. The zero-order chi connectivity index (χ0) is 14.1. The van der Waals surface area contributed by atoms with Gasteiger partial charge < -0.3 is 14.7 Å². The van der Waals surface area contributed by atoms with Crippen LogP contribution in [0.3, 0.4) is 0 Å². The van der Waals surface area contributed by atoms with Crippen molar-refractivity contribution in [3.8, 4) is 0 Å². The molecule has 0 saturated heterocycles. The molecule has 0 aliphatic rings. The highest BCUT2D eigenvalue weighted by Crippen LogP contribution is 2.16. The lowest BCUT2D eigenvalue weighted by Crippen LogP contribution is -2.27. The number of unbranched alkanes of at least 4 members (excludes halogenated alkanes) is 1. The average Bonchev–Trinajstić information content (AvgIpc) is 2.39. The van der Waals surface area contributed by atoms with Crippen molar-refractivity contribution in [2.24, 2.45) is 0 Å². The van der Waals surface area contributed by atoms with Gasteiger partial charge in [0.25, 0.3) is 0 Å². The van der Waals surface area contributed by atoms with Crippen LogP contribution in [-0.2, 0) is 9.53 Å². The summed E-state index contributed by atoms with van der Waals surface area (Å²) >= 11 is 0. The highest BCUT2D eigenvalue weighted by Gasteiger charge is 2.08. The fourth-order valence-corrected chi connectivity index (χ4v) is 1.91. The third kappa shape index (κ3) is 6.25. The van der Waals surface area contributed by atoms with Crippen LogP contribution in [0.4, 0.5) is 5.69 Å². The topological polar surface area (TPSA) is 49.8 Å². The smallest absolute Gasteiger partial charge is 0.305 e. The van der Waals surface area contributed by atoms with E-state index in [0.29, 0.717) is 6.54 Å². The fourth-order valence-electron chi connectivity index (χ4n) is 1.91. The molecule has 106 valence electrons. The number of hydrogen-bond donors (Lipinski definition) is 1. The number of ether oxygens (including phenoxy) is 1. The van der Waals surface area contributed by atoms with Crippen LogP contribution in [0, 0.1) is 6.92 Å². The van der Waals surface area contributed by atoms with E-state index in [0.717, 1.165) is 31.7 Å². The molecule has 0 aliphatic carbocycles. The molecule has 0 heterocycles. The van der Waals surface area contributed by atoms with E-state index in [9.17, 15) is 4.79 Å². The summed E-state index contributed by atoms with van der Waals surface area (Å²) in [5, 5.41) is 8.82. The second-order valence-corrected chi connectivity index (χ2v) is 4.67. The number of aliphatic carboxylic acids is 1. The Kier molecular flexibility index (Phi) is 6.97. The second kappa shape index (κ2) is 8.53. The van der Waals surface area contributed by atoms with Gasteiger partial charge in [0.05, 0.1) is 6.42 Å². The number of hydrogen-bond acceptors (Lipinski definition) is 3. The third-order valence-electron chi connectivity index (χ3n) is 3.02. The second-order valence-electron chi connectivity index (χ2n) is 4.67. The Hall–Kier alpha value is -1.55. The van der Waals surface area contributed by atoms with Crippen LogP contribution in [0.5, 0.6) is 0 Å². The molecule has 0 aromatic heterocycles. The molecule has 1 N–H and O–H groups in total. The Morgan fingerprint density at radius 1 is 1.21 bits per heavy atom. The maximum atomic E-state index is 10.7. The monoisotopic (exact) mass is 265 g/mol. The summed E-state index contributed by atoms with van der Waals surface area (Å²) in [5.41, 5.74) is 2.30. The van der Waals surface area contributed by atoms with Crippen LogP contribution in [0.25, 0.3) is 0 Å². The van der Waals surface area contributed by atoms with Gasteiger partial charge in [-0.1, -0.05) is 17.7 Å². The van der Waals surface area contributed by atoms with Crippen LogP contribution in [0.15, 0.2) is 24.3 Å². The van der Waals surface area contributed by atoms with Crippen molar-refractivity contribution in [2.75, 3.05) is 31.7 Å². The van der Waals surface area contributed by atoms with E-state index in [1.54, 1.807) is 7.11 Å². The zero-order valence-corrected chi connectivity index (χ0v) is 11.8. The maximum Gasteiger partial charge on any atom is 0.305 e. The van der Waals surface area contributed by atoms with Gasteiger partial charge in [-0.15, -0.1) is 0 Å². The SMILES string of the molecule is COCCCCN(CCC(=O)O)c1ccc(C)cc1. The average molecular weight is 265 g/mol. The van der Waals surface area contributed by atoms with Crippen molar-refractivity contribution >= 4 is 11.7 Å². The lowest BCUT2D eigenvalue weighted by Gasteiger charge is -2.24. The molecule has 19 heavy (non-hydrogen) atoms. The molecular formula is C15H23NO3. The molecule has 0 saturated carbocycles. The van der Waals surface area contributed by atoms with Gasteiger partial charge in [0.15, 0.2) is 0 Å². The van der Waals surface area contributed by atoms with Crippen LogP contribution in [0.1, 0.15) is 24.8 Å². The van der Waals surface area contributed by atoms with Crippen molar-refractivity contribution in [3.05, 3.63) is 29.8 Å². The predicted molar refractivity (Wildman–Crippen MR) is 76.8 cm³/mol. The van der Waals surface area contributed by atoms with E-state index < -0.39 is 5.97 Å². The quantitative estimate of drug-likeness (QED) is 0.697. The highest BCUT2D eigenvalue weighted by atomic mass is 16.5. The number of anilines is 1. The van der Waals surface area contributed by atoms with Crippen molar-refractivity contribution in [3.63, 3.8) is 0 Å². The Bertz CT molecular complexity index is 375. The maximum absolute atomic E-state index is 10.7. The highest BCUT2D eigenvalue weighted by molar-refractivity contribution is 5.67. The number of methoxy groups -OCH3 is 1. The molecule has 0 bridgehead atoms. The van der Waals surface area contributed by atoms with E-state index in [1.807, 2.05) is 19.1 Å². The van der Waals surface area contributed by atoms with Gasteiger partial charge in [-0.25, -0.2) is 0 Å². The van der Waals surface area contributed by atoms with Gasteiger partial charge in [-0.2, -0.15) is 0 Å². The van der Waals surface area contributed by atoms with E-state index in [2.05, 4.69) is 17.0 Å². The number of carboxylic acid groups (broad SMARTS) is 1. The van der Waals surface area contributed by atoms with E-state index >= 15 is 0 Å². The molecule has 1 rings (SSSR count). The Morgan fingerprint density at radius 2 is 1.89 bits per heavy atom. The summed E-state index contributed by atoms with van der Waals surface area (Å²) in [7, 11) is 1.70. The van der Waals surface area contributed by atoms with Crippen LogP contribution in [-0.4, -0.2) is 37.9 Å². The lowest BCUT2D eigenvalue weighted by molar-refractivity contribution is -0.136. The molecule has 0 fully saturated rings. The number of rotatable bonds is 9. The molecular weight excluding hydrogens is 242 g/mol. The summed E-state index contributed by atoms with van der Waals surface area (Å²) < 4.78 is 5.03. The first kappa shape index (κ1) is 15.5. The standard InChI is InChI=1S/C15H23NO3/c1-13-5-7-14(8-6-13)16(11-9-15(17)18)10-3-4-12-19-2/h5-8H,3-4,9-12H2,1-2H3,(H,17,18). The van der Waals surface area contributed by atoms with E-state index in [1.165, 1.54) is 5.56 Å². The Labute approximate surface area is 115 Å². The molecule has 0 radical (unpaired) electrons. The number of benzene rings is 1. The van der Waals surface area contributed by atoms with Crippen LogP contribution < -0.4 is 4.90 Å². The van der Waals surface area contributed by atoms with Gasteiger partial charge in [-0.3, -0.25) is 4.79 Å². The summed E-state index contributed by atoms with van der Waals surface area (Å²) in [6, 6.07) is 8.21. The van der Waals surface area contributed by atoms with Crippen molar-refractivity contribution < 1.29 is 14.6 Å². The van der Waals surface area contributed by atoms with Gasteiger partial charge in [0, 0.05) is 32.5 Å². The first-order valence-electron chi connectivity index (χ1n) is 6.66. The van der Waals surface area contributed by atoms with E-state index in [4.69, 9.17) is 9.84 Å². The number of carboxylic acids is 1. The van der Waals surface area contributed by atoms with Crippen molar-refractivity contribution in [2.45, 2.75) is 26.2 Å². The Balaban J connectivity index is 2.57. The van der Waals surface area contributed by atoms with Crippen molar-refractivity contribution in [1.29, 1.82) is 0 Å². The third-order valence-corrected chi connectivity index (χ3v) is 3.02. The molecule has 0 spiro atoms. The normalized spacial score (nSPS) is 10.4. The predicted octanol–water partition coefficient (Wildman–Crippen LogP) is 2.70. The summed E-state index contributed by atoms with van der Waals surface area (Å²) in [6.07, 6.45) is 2.16. The van der Waals surface area contributed by atoms with Gasteiger partial charge >= 0.3 is 5.97 Å². The first-order chi connectivity index (χ1) is 9.13. The zero-order valence-electron chi connectivity index (χ0n) is 11.8.